The van der Waals surface area contributed by atoms with Crippen LogP contribution in [0.3, 0.4) is 0 Å². The van der Waals surface area contributed by atoms with Crippen LogP contribution in [0.2, 0.25) is 0 Å². The Morgan fingerprint density at radius 2 is 2.10 bits per heavy atom. The van der Waals surface area contributed by atoms with Crippen LogP contribution in [0.5, 0.6) is 0 Å². The van der Waals surface area contributed by atoms with Crippen LogP contribution < -0.4 is 5.32 Å². The van der Waals surface area contributed by atoms with E-state index in [2.05, 4.69) is 44.3 Å². The van der Waals surface area contributed by atoms with Gasteiger partial charge in [0.2, 0.25) is 6.23 Å². The fourth-order valence-corrected chi connectivity index (χ4v) is 3.30. The molecule has 1 fully saturated rings. The first kappa shape index (κ1) is 14.6. The number of benzene rings is 1. The minimum atomic E-state index is -0.468. The topological polar surface area (TPSA) is 41.6 Å². The highest BCUT2D eigenvalue weighted by molar-refractivity contribution is 9.10. The number of Topliss-reactive ketones (excluding diaryl/α,β-unsaturated/α-hetero) is 1. The zero-order valence-electron chi connectivity index (χ0n) is 11.8. The molecule has 2 aliphatic heterocycles. The van der Waals surface area contributed by atoms with Crippen LogP contribution in [0.15, 0.2) is 41.2 Å². The second-order valence-electron chi connectivity index (χ2n) is 5.53. The van der Waals surface area contributed by atoms with E-state index in [9.17, 15) is 4.79 Å². The normalized spacial score (nSPS) is 22.8. The maximum Gasteiger partial charge on any atom is 0.228 e. The molecule has 2 aliphatic rings. The van der Waals surface area contributed by atoms with Gasteiger partial charge in [0.1, 0.15) is 6.26 Å². The highest BCUT2D eigenvalue weighted by atomic mass is 79.9. The van der Waals surface area contributed by atoms with Gasteiger partial charge in [-0.25, -0.2) is 0 Å². The van der Waals surface area contributed by atoms with E-state index in [0.717, 1.165) is 36.9 Å². The summed E-state index contributed by atoms with van der Waals surface area (Å²) in [6.07, 6.45) is 4.58. The van der Waals surface area contributed by atoms with E-state index in [0.29, 0.717) is 0 Å². The molecule has 1 unspecified atom stereocenters. The zero-order chi connectivity index (χ0) is 14.7. The molecule has 0 aliphatic carbocycles. The van der Waals surface area contributed by atoms with E-state index in [1.165, 1.54) is 5.56 Å². The molecular weight excluding hydrogens is 332 g/mol. The fourth-order valence-electron chi connectivity index (χ4n) is 2.89. The van der Waals surface area contributed by atoms with Crippen LogP contribution in [-0.2, 0) is 16.1 Å². The van der Waals surface area contributed by atoms with Crippen molar-refractivity contribution in [2.24, 2.45) is 5.92 Å². The molecule has 0 saturated carbocycles. The maximum absolute atomic E-state index is 12.3. The molecule has 0 aromatic heterocycles. The molecule has 4 nitrogen and oxygen atoms in total. The molecule has 0 amide bonds. The molecule has 0 radical (unpaired) electrons. The van der Waals surface area contributed by atoms with E-state index >= 15 is 0 Å². The number of hydrogen-bond acceptors (Lipinski definition) is 4. The van der Waals surface area contributed by atoms with Gasteiger partial charge in [0.25, 0.3) is 0 Å². The third-order valence-corrected chi connectivity index (χ3v) is 4.90. The number of nitrogens with zero attached hydrogens (tertiary/aromatic N) is 1. The van der Waals surface area contributed by atoms with E-state index in [1.54, 1.807) is 12.5 Å². The summed E-state index contributed by atoms with van der Waals surface area (Å²) >= 11 is 3.59. The minimum Gasteiger partial charge on any atom is -0.469 e. The summed E-state index contributed by atoms with van der Waals surface area (Å²) in [5.74, 6) is 0.290. The van der Waals surface area contributed by atoms with Crippen molar-refractivity contribution in [2.45, 2.75) is 25.6 Å². The Kier molecular flexibility index (Phi) is 4.60. The Morgan fingerprint density at radius 3 is 2.76 bits per heavy atom. The fraction of sp³-hybridized carbons (Fsp3) is 0.438. The van der Waals surface area contributed by atoms with Gasteiger partial charge in [-0.15, -0.1) is 0 Å². The second-order valence-corrected chi connectivity index (χ2v) is 6.38. The Labute approximate surface area is 133 Å². The van der Waals surface area contributed by atoms with Crippen molar-refractivity contribution in [3.63, 3.8) is 0 Å². The van der Waals surface area contributed by atoms with Gasteiger partial charge in [0.05, 0.1) is 0 Å². The first-order valence-electron chi connectivity index (χ1n) is 7.30. The Hall–Kier alpha value is -1.33. The average Bonchev–Trinajstić information content (AvgIpc) is 3.04. The maximum atomic E-state index is 12.3. The highest BCUT2D eigenvalue weighted by Crippen LogP contribution is 2.24. The van der Waals surface area contributed by atoms with E-state index < -0.39 is 6.23 Å². The molecule has 1 aromatic carbocycles. The van der Waals surface area contributed by atoms with Gasteiger partial charge >= 0.3 is 0 Å². The summed E-state index contributed by atoms with van der Waals surface area (Å²) in [6, 6.07) is 8.30. The zero-order valence-corrected chi connectivity index (χ0v) is 13.4. The molecule has 1 saturated heterocycles. The lowest BCUT2D eigenvalue weighted by atomic mass is 9.91. The van der Waals surface area contributed by atoms with Crippen LogP contribution in [0.1, 0.15) is 18.4 Å². The summed E-state index contributed by atoms with van der Waals surface area (Å²) in [4.78, 5) is 14.7. The first-order valence-corrected chi connectivity index (χ1v) is 8.09. The van der Waals surface area contributed by atoms with Gasteiger partial charge in [-0.3, -0.25) is 9.69 Å². The number of hydrogen-bond donors (Lipinski definition) is 1. The van der Waals surface area contributed by atoms with Crippen LogP contribution in [0, 0.1) is 5.92 Å². The van der Waals surface area contributed by atoms with Crippen LogP contribution in [-0.4, -0.2) is 30.0 Å². The highest BCUT2D eigenvalue weighted by Gasteiger charge is 2.31. The van der Waals surface area contributed by atoms with Crippen molar-refractivity contribution >= 4 is 21.7 Å². The van der Waals surface area contributed by atoms with Gasteiger partial charge in [-0.2, -0.15) is 0 Å². The lowest BCUT2D eigenvalue weighted by molar-refractivity contribution is -0.133. The van der Waals surface area contributed by atoms with Crippen molar-refractivity contribution in [1.29, 1.82) is 0 Å². The number of halogens is 1. The minimum absolute atomic E-state index is 0.109. The predicted molar refractivity (Wildman–Crippen MR) is 84.3 cm³/mol. The number of piperidine rings is 1. The number of likely N-dealkylation sites (tertiary alicyclic amines) is 1. The van der Waals surface area contributed by atoms with E-state index in [-0.39, 0.29) is 11.7 Å². The number of ketones is 1. The number of carbonyl (C=O) groups excluding carboxylic acids is 1. The molecular formula is C16H19BrN2O2. The van der Waals surface area contributed by atoms with Crippen molar-refractivity contribution in [3.05, 3.63) is 46.8 Å². The van der Waals surface area contributed by atoms with Gasteiger partial charge < -0.3 is 10.1 Å². The van der Waals surface area contributed by atoms with Gasteiger partial charge in [0, 0.05) is 23.1 Å². The third kappa shape index (κ3) is 3.47. The van der Waals surface area contributed by atoms with Crippen molar-refractivity contribution in [3.8, 4) is 0 Å². The van der Waals surface area contributed by atoms with Gasteiger partial charge in [-0.1, -0.05) is 34.1 Å². The summed E-state index contributed by atoms with van der Waals surface area (Å²) in [5, 5.41) is 2.94. The summed E-state index contributed by atoms with van der Waals surface area (Å²) < 4.78 is 6.40. The van der Waals surface area contributed by atoms with E-state index in [1.807, 2.05) is 6.07 Å². The summed E-state index contributed by atoms with van der Waals surface area (Å²) in [5.41, 5.74) is 1.30. The molecule has 2 heterocycles. The number of nitrogens with one attached hydrogen (secondary N) is 1. The van der Waals surface area contributed by atoms with Crippen LogP contribution in [0.4, 0.5) is 0 Å². The monoisotopic (exact) mass is 350 g/mol. The molecule has 0 bridgehead atoms. The smallest absolute Gasteiger partial charge is 0.228 e. The molecule has 1 N–H and O–H groups in total. The molecule has 5 heteroatoms. The van der Waals surface area contributed by atoms with Gasteiger partial charge in [-0.05, 0) is 37.6 Å². The molecule has 112 valence electrons. The number of ether oxygens (including phenoxy) is 1. The standard InChI is InChI=1S/C16H19BrN2O2/c17-14-4-2-1-3-13(14)11-19-8-5-12(6-9-19)15(20)16-18-7-10-21-16/h1-4,7,10,12,16,18H,5-6,8-9,11H2. The van der Waals surface area contributed by atoms with Crippen molar-refractivity contribution in [1.82, 2.24) is 10.2 Å². The summed E-state index contributed by atoms with van der Waals surface area (Å²) in [6.45, 7) is 2.85. The SMILES string of the molecule is O=C(C1CCN(Cc2ccccc2Br)CC1)C1NC=CO1. The predicted octanol–water partition coefficient (Wildman–Crippen LogP) is 2.65. The Balaban J connectivity index is 1.51. The van der Waals surface area contributed by atoms with Gasteiger partial charge in [0.15, 0.2) is 5.78 Å². The quantitative estimate of drug-likeness (QED) is 0.906. The number of rotatable bonds is 4. The second kappa shape index (κ2) is 6.62. The van der Waals surface area contributed by atoms with E-state index in [4.69, 9.17) is 4.74 Å². The molecule has 21 heavy (non-hydrogen) atoms. The molecule has 0 spiro atoms. The summed E-state index contributed by atoms with van der Waals surface area (Å²) in [7, 11) is 0. The molecule has 1 atom stereocenters. The first-order chi connectivity index (χ1) is 10.2. The van der Waals surface area contributed by atoms with Crippen molar-refractivity contribution < 1.29 is 9.53 Å². The third-order valence-electron chi connectivity index (χ3n) is 4.13. The molecule has 1 aromatic rings. The Bertz CT molecular complexity index is 531. The van der Waals surface area contributed by atoms with Crippen LogP contribution in [0.25, 0.3) is 0 Å². The van der Waals surface area contributed by atoms with Crippen LogP contribution >= 0.6 is 15.9 Å². The van der Waals surface area contributed by atoms with Crippen molar-refractivity contribution in [2.75, 3.05) is 13.1 Å². The molecule has 3 rings (SSSR count). The average molecular weight is 351 g/mol. The lowest BCUT2D eigenvalue weighted by Crippen LogP contribution is -2.42. The lowest BCUT2D eigenvalue weighted by Gasteiger charge is -2.32. The number of carbonyl (C=O) groups is 1. The largest absolute Gasteiger partial charge is 0.469 e. The Morgan fingerprint density at radius 1 is 1.33 bits per heavy atom.